The number of nitrogens with zero attached hydrogens (tertiary/aromatic N) is 6. The SMILES string of the molecule is CCNC(=NCc1nnc2n1CCCCC2)N1CCC2C(CCCN2Cc2ccccc2)C1. The van der Waals surface area contributed by atoms with Crippen LogP contribution in [0.2, 0.25) is 0 Å². The monoisotopic (exact) mass is 449 g/mol. The van der Waals surface area contributed by atoms with Crippen LogP contribution < -0.4 is 5.32 Å². The molecule has 4 heterocycles. The number of fused-ring (bicyclic) bond motifs is 2. The summed E-state index contributed by atoms with van der Waals surface area (Å²) < 4.78 is 2.31. The molecule has 0 bridgehead atoms. The van der Waals surface area contributed by atoms with Crippen molar-refractivity contribution in [3.8, 4) is 0 Å². The number of nitrogens with one attached hydrogen (secondary N) is 1. The molecule has 2 fully saturated rings. The summed E-state index contributed by atoms with van der Waals surface area (Å²) in [6.45, 7) is 9.16. The van der Waals surface area contributed by atoms with Gasteiger partial charge in [-0.05, 0) is 57.1 Å². The molecule has 33 heavy (non-hydrogen) atoms. The summed E-state index contributed by atoms with van der Waals surface area (Å²) >= 11 is 0. The minimum atomic E-state index is 0.611. The quantitative estimate of drug-likeness (QED) is 0.560. The van der Waals surface area contributed by atoms with Crippen LogP contribution in [0.4, 0.5) is 0 Å². The molecule has 7 heteroatoms. The van der Waals surface area contributed by atoms with Gasteiger partial charge in [-0.2, -0.15) is 0 Å². The molecule has 0 aliphatic carbocycles. The van der Waals surface area contributed by atoms with Crippen molar-refractivity contribution in [1.82, 2.24) is 29.9 Å². The first-order chi connectivity index (χ1) is 16.3. The van der Waals surface area contributed by atoms with Crippen LogP contribution in [0.3, 0.4) is 0 Å². The van der Waals surface area contributed by atoms with Crippen molar-refractivity contribution >= 4 is 5.96 Å². The van der Waals surface area contributed by atoms with Crippen molar-refractivity contribution in [2.24, 2.45) is 10.9 Å². The van der Waals surface area contributed by atoms with Crippen LogP contribution in [-0.2, 0) is 26.1 Å². The Bertz CT molecular complexity index is 922. The van der Waals surface area contributed by atoms with E-state index in [1.807, 2.05) is 0 Å². The maximum Gasteiger partial charge on any atom is 0.194 e. The highest BCUT2D eigenvalue weighted by molar-refractivity contribution is 5.80. The van der Waals surface area contributed by atoms with Crippen LogP contribution >= 0.6 is 0 Å². The zero-order chi connectivity index (χ0) is 22.5. The number of aromatic nitrogens is 3. The normalized spacial score (nSPS) is 24.2. The Morgan fingerprint density at radius 3 is 2.82 bits per heavy atom. The molecule has 2 aromatic rings. The van der Waals surface area contributed by atoms with Crippen molar-refractivity contribution in [3.05, 3.63) is 47.5 Å². The lowest BCUT2D eigenvalue weighted by Crippen LogP contribution is -2.56. The van der Waals surface area contributed by atoms with Gasteiger partial charge >= 0.3 is 0 Å². The Labute approximate surface area is 198 Å². The lowest BCUT2D eigenvalue weighted by molar-refractivity contribution is 0.0372. The number of aryl methyl sites for hydroxylation is 1. The number of guanidine groups is 1. The fraction of sp³-hybridized carbons (Fsp3) is 0.654. The van der Waals surface area contributed by atoms with Crippen molar-refractivity contribution in [1.29, 1.82) is 0 Å². The summed E-state index contributed by atoms with van der Waals surface area (Å²) in [5.74, 6) is 3.92. The second-order valence-electron chi connectivity index (χ2n) is 9.83. The number of aliphatic imine (C=N–C) groups is 1. The average molecular weight is 450 g/mol. The van der Waals surface area contributed by atoms with E-state index >= 15 is 0 Å². The van der Waals surface area contributed by atoms with Gasteiger partial charge in [0.25, 0.3) is 0 Å². The molecule has 2 saturated heterocycles. The summed E-state index contributed by atoms with van der Waals surface area (Å²) in [5.41, 5.74) is 1.43. The minimum Gasteiger partial charge on any atom is -0.357 e. The van der Waals surface area contributed by atoms with Crippen molar-refractivity contribution in [2.75, 3.05) is 26.2 Å². The molecule has 0 radical (unpaired) electrons. The molecule has 1 N–H and O–H groups in total. The zero-order valence-electron chi connectivity index (χ0n) is 20.1. The van der Waals surface area contributed by atoms with Crippen LogP contribution in [0.25, 0.3) is 0 Å². The molecule has 7 nitrogen and oxygen atoms in total. The molecule has 1 aromatic heterocycles. The first kappa shape index (κ1) is 22.4. The third kappa shape index (κ3) is 5.24. The highest BCUT2D eigenvalue weighted by atomic mass is 15.3. The van der Waals surface area contributed by atoms with Crippen LogP contribution in [0.15, 0.2) is 35.3 Å². The van der Waals surface area contributed by atoms with Crippen LogP contribution in [0.1, 0.15) is 62.7 Å². The third-order valence-electron chi connectivity index (χ3n) is 7.60. The first-order valence-corrected chi connectivity index (χ1v) is 13.0. The van der Waals surface area contributed by atoms with Gasteiger partial charge in [0, 0.05) is 45.2 Å². The second kappa shape index (κ2) is 10.7. The molecular formula is C26H39N7. The smallest absolute Gasteiger partial charge is 0.194 e. The number of hydrogen-bond acceptors (Lipinski definition) is 4. The second-order valence-corrected chi connectivity index (χ2v) is 9.83. The Hall–Kier alpha value is -2.41. The van der Waals surface area contributed by atoms with Crippen LogP contribution in [0, 0.1) is 5.92 Å². The molecule has 5 rings (SSSR count). The molecule has 3 aliphatic heterocycles. The topological polar surface area (TPSA) is 61.6 Å². The highest BCUT2D eigenvalue weighted by Crippen LogP contribution is 2.31. The molecule has 3 aliphatic rings. The summed E-state index contributed by atoms with van der Waals surface area (Å²) in [4.78, 5) is 10.3. The standard InChI is InChI=1S/C26H39N7/c1-2-27-26(28-18-25-30-29-24-13-7-4-8-16-33(24)25)32-17-14-23-22(20-32)12-9-15-31(23)19-21-10-5-3-6-11-21/h3,5-6,10-11,22-23H,2,4,7-9,12-20H2,1H3,(H,27,28). The van der Waals surface area contributed by atoms with E-state index < -0.39 is 0 Å². The Balaban J connectivity index is 1.25. The molecule has 0 saturated carbocycles. The van der Waals surface area contributed by atoms with E-state index in [9.17, 15) is 0 Å². The van der Waals surface area contributed by atoms with Gasteiger partial charge in [-0.1, -0.05) is 36.8 Å². The molecule has 1 aromatic carbocycles. The summed E-state index contributed by atoms with van der Waals surface area (Å²) in [6.07, 6.45) is 8.60. The Kier molecular flexibility index (Phi) is 7.24. The predicted molar refractivity (Wildman–Crippen MR) is 132 cm³/mol. The zero-order valence-corrected chi connectivity index (χ0v) is 20.1. The van der Waals surface area contributed by atoms with Gasteiger partial charge < -0.3 is 14.8 Å². The lowest BCUT2D eigenvalue weighted by Gasteiger charge is -2.48. The average Bonchev–Trinajstić information content (AvgIpc) is 3.08. The van der Waals surface area contributed by atoms with Crippen molar-refractivity contribution in [2.45, 2.75) is 77.5 Å². The largest absolute Gasteiger partial charge is 0.357 e. The van der Waals surface area contributed by atoms with E-state index in [4.69, 9.17) is 4.99 Å². The van der Waals surface area contributed by atoms with Gasteiger partial charge in [0.2, 0.25) is 0 Å². The number of piperidine rings is 2. The van der Waals surface area contributed by atoms with E-state index in [1.54, 1.807) is 0 Å². The van der Waals surface area contributed by atoms with Crippen LogP contribution in [-0.4, -0.2) is 62.7 Å². The van der Waals surface area contributed by atoms with Gasteiger partial charge in [-0.3, -0.25) is 4.90 Å². The van der Waals surface area contributed by atoms with Gasteiger partial charge in [-0.25, -0.2) is 4.99 Å². The van der Waals surface area contributed by atoms with Crippen molar-refractivity contribution in [3.63, 3.8) is 0 Å². The predicted octanol–water partition coefficient (Wildman–Crippen LogP) is 3.46. The number of hydrogen-bond donors (Lipinski definition) is 1. The fourth-order valence-electron chi connectivity index (χ4n) is 5.95. The molecule has 0 amide bonds. The van der Waals surface area contributed by atoms with Gasteiger partial charge in [0.15, 0.2) is 11.8 Å². The third-order valence-corrected chi connectivity index (χ3v) is 7.60. The maximum atomic E-state index is 5.04. The first-order valence-electron chi connectivity index (χ1n) is 13.0. The number of likely N-dealkylation sites (tertiary alicyclic amines) is 2. The summed E-state index contributed by atoms with van der Waals surface area (Å²) in [5, 5.41) is 12.5. The van der Waals surface area contributed by atoms with E-state index in [2.05, 4.69) is 67.1 Å². The molecule has 178 valence electrons. The maximum absolute atomic E-state index is 5.04. The fourth-order valence-corrected chi connectivity index (χ4v) is 5.95. The summed E-state index contributed by atoms with van der Waals surface area (Å²) in [7, 11) is 0. The lowest BCUT2D eigenvalue weighted by atomic mass is 9.83. The molecular weight excluding hydrogens is 410 g/mol. The summed E-state index contributed by atoms with van der Waals surface area (Å²) in [6, 6.07) is 11.6. The van der Waals surface area contributed by atoms with E-state index in [0.29, 0.717) is 18.5 Å². The van der Waals surface area contributed by atoms with Gasteiger partial charge in [-0.15, -0.1) is 10.2 Å². The number of rotatable bonds is 5. The van der Waals surface area contributed by atoms with Crippen molar-refractivity contribution < 1.29 is 0 Å². The van der Waals surface area contributed by atoms with E-state index in [0.717, 1.165) is 56.8 Å². The Morgan fingerprint density at radius 1 is 1.03 bits per heavy atom. The minimum absolute atomic E-state index is 0.611. The van der Waals surface area contributed by atoms with Gasteiger partial charge in [0.05, 0.1) is 0 Å². The highest BCUT2D eigenvalue weighted by Gasteiger charge is 2.36. The van der Waals surface area contributed by atoms with E-state index in [-0.39, 0.29) is 0 Å². The molecule has 2 atom stereocenters. The van der Waals surface area contributed by atoms with Crippen LogP contribution in [0.5, 0.6) is 0 Å². The van der Waals surface area contributed by atoms with E-state index in [1.165, 1.54) is 50.6 Å². The Morgan fingerprint density at radius 2 is 1.94 bits per heavy atom. The molecule has 2 unspecified atom stereocenters. The van der Waals surface area contributed by atoms with Gasteiger partial charge in [0.1, 0.15) is 12.4 Å². The molecule has 0 spiro atoms. The number of benzene rings is 1.